The highest BCUT2D eigenvalue weighted by Gasteiger charge is 2.33. The number of urea groups is 1. The lowest BCUT2D eigenvalue weighted by Crippen LogP contribution is -2.46. The van der Waals surface area contributed by atoms with Gasteiger partial charge in [0, 0.05) is 33.2 Å². The Hall–Kier alpha value is -1.83. The van der Waals surface area contributed by atoms with Crippen LogP contribution in [0.25, 0.3) is 0 Å². The molecule has 1 saturated heterocycles. The minimum absolute atomic E-state index is 0.154. The van der Waals surface area contributed by atoms with Gasteiger partial charge in [-0.15, -0.1) is 0 Å². The van der Waals surface area contributed by atoms with Gasteiger partial charge in [0.2, 0.25) is 5.91 Å². The summed E-state index contributed by atoms with van der Waals surface area (Å²) in [6.45, 7) is 1.48. The van der Waals surface area contributed by atoms with Crippen molar-refractivity contribution < 1.29 is 24.2 Å². The highest BCUT2D eigenvalue weighted by atomic mass is 16.5. The van der Waals surface area contributed by atoms with Gasteiger partial charge in [-0.25, -0.2) is 9.59 Å². The summed E-state index contributed by atoms with van der Waals surface area (Å²) in [6, 6.07) is -1.19. The van der Waals surface area contributed by atoms with Crippen LogP contribution in [-0.2, 0) is 14.3 Å². The maximum Gasteiger partial charge on any atom is 0.326 e. The molecule has 3 N–H and O–H groups in total. The predicted molar refractivity (Wildman–Crippen MR) is 70.3 cm³/mol. The molecule has 0 aliphatic carbocycles. The van der Waals surface area contributed by atoms with E-state index in [9.17, 15) is 14.4 Å². The van der Waals surface area contributed by atoms with Crippen molar-refractivity contribution in [3.05, 3.63) is 0 Å². The van der Waals surface area contributed by atoms with Gasteiger partial charge in [-0.3, -0.25) is 4.79 Å². The van der Waals surface area contributed by atoms with Crippen molar-refractivity contribution in [3.8, 4) is 0 Å². The number of carbonyl (C=O) groups excluding carboxylic acids is 2. The summed E-state index contributed by atoms with van der Waals surface area (Å²) in [5.41, 5.74) is 0. The second-order valence-electron chi connectivity index (χ2n) is 4.51. The quantitative estimate of drug-likeness (QED) is 0.542. The second-order valence-corrected chi connectivity index (χ2v) is 4.51. The molecule has 20 heavy (non-hydrogen) atoms. The molecule has 1 rings (SSSR count). The van der Waals surface area contributed by atoms with Gasteiger partial charge in [0.05, 0.1) is 6.61 Å². The van der Waals surface area contributed by atoms with E-state index in [0.29, 0.717) is 32.5 Å². The Balaban J connectivity index is 2.23. The minimum Gasteiger partial charge on any atom is -0.480 e. The van der Waals surface area contributed by atoms with Gasteiger partial charge in [0.25, 0.3) is 0 Å². The van der Waals surface area contributed by atoms with Crippen molar-refractivity contribution in [1.29, 1.82) is 0 Å². The molecule has 0 spiro atoms. The zero-order valence-electron chi connectivity index (χ0n) is 11.6. The fourth-order valence-electron chi connectivity index (χ4n) is 2.03. The molecule has 0 aromatic carbocycles. The van der Waals surface area contributed by atoms with Crippen LogP contribution in [0.5, 0.6) is 0 Å². The standard InChI is InChI=1S/C12H21N3O5/c1-20-8-6-13-10(16)4-5-14-12(19)15-7-2-3-9(15)11(17)18/h9H,2-8H2,1H3,(H,13,16)(H,14,19)(H,17,18)/t9-/m0/s1. The van der Waals surface area contributed by atoms with E-state index in [4.69, 9.17) is 9.84 Å². The molecule has 1 heterocycles. The number of rotatable bonds is 7. The van der Waals surface area contributed by atoms with Crippen LogP contribution in [0.15, 0.2) is 0 Å². The van der Waals surface area contributed by atoms with Crippen molar-refractivity contribution in [3.63, 3.8) is 0 Å². The Bertz CT molecular complexity index is 361. The van der Waals surface area contributed by atoms with E-state index in [2.05, 4.69) is 10.6 Å². The summed E-state index contributed by atoms with van der Waals surface area (Å²) >= 11 is 0. The number of carboxylic acids is 1. The number of hydrogen-bond acceptors (Lipinski definition) is 4. The van der Waals surface area contributed by atoms with Crippen molar-refractivity contribution in [2.24, 2.45) is 0 Å². The Morgan fingerprint density at radius 3 is 2.70 bits per heavy atom. The van der Waals surface area contributed by atoms with Gasteiger partial charge in [-0.2, -0.15) is 0 Å². The van der Waals surface area contributed by atoms with Crippen LogP contribution in [0.2, 0.25) is 0 Å². The number of aliphatic carboxylic acids is 1. The molecular formula is C12H21N3O5. The number of carbonyl (C=O) groups is 3. The van der Waals surface area contributed by atoms with Crippen LogP contribution in [0, 0.1) is 0 Å². The maximum absolute atomic E-state index is 11.8. The van der Waals surface area contributed by atoms with E-state index in [0.717, 1.165) is 0 Å². The van der Waals surface area contributed by atoms with Crippen molar-refractivity contribution >= 4 is 17.9 Å². The first-order valence-electron chi connectivity index (χ1n) is 6.59. The minimum atomic E-state index is -0.991. The van der Waals surface area contributed by atoms with Crippen LogP contribution in [0.1, 0.15) is 19.3 Å². The highest BCUT2D eigenvalue weighted by Crippen LogP contribution is 2.17. The fraction of sp³-hybridized carbons (Fsp3) is 0.750. The molecule has 0 unspecified atom stereocenters. The molecule has 0 bridgehead atoms. The third kappa shape index (κ3) is 5.04. The first kappa shape index (κ1) is 16.2. The summed E-state index contributed by atoms with van der Waals surface area (Å²) in [5, 5.41) is 14.2. The number of likely N-dealkylation sites (tertiary alicyclic amines) is 1. The number of methoxy groups -OCH3 is 1. The molecule has 3 amide bonds. The number of ether oxygens (including phenoxy) is 1. The van der Waals surface area contributed by atoms with E-state index in [1.165, 1.54) is 4.90 Å². The van der Waals surface area contributed by atoms with Gasteiger partial charge in [-0.05, 0) is 12.8 Å². The fourth-order valence-corrected chi connectivity index (χ4v) is 2.03. The topological polar surface area (TPSA) is 108 Å². The van der Waals surface area contributed by atoms with E-state index in [-0.39, 0.29) is 18.9 Å². The van der Waals surface area contributed by atoms with Crippen LogP contribution in [0.4, 0.5) is 4.79 Å². The largest absolute Gasteiger partial charge is 0.480 e. The highest BCUT2D eigenvalue weighted by molar-refractivity contribution is 5.83. The summed E-state index contributed by atoms with van der Waals surface area (Å²) in [6.07, 6.45) is 1.31. The average Bonchev–Trinajstić information content (AvgIpc) is 2.88. The smallest absolute Gasteiger partial charge is 0.326 e. The van der Waals surface area contributed by atoms with Crippen molar-refractivity contribution in [2.45, 2.75) is 25.3 Å². The number of hydrogen-bond donors (Lipinski definition) is 3. The number of amides is 3. The molecule has 0 saturated carbocycles. The molecule has 8 heteroatoms. The monoisotopic (exact) mass is 287 g/mol. The Morgan fingerprint density at radius 1 is 1.30 bits per heavy atom. The summed E-state index contributed by atoms with van der Waals surface area (Å²) in [7, 11) is 1.54. The van der Waals surface area contributed by atoms with Crippen molar-refractivity contribution in [1.82, 2.24) is 15.5 Å². The number of nitrogens with one attached hydrogen (secondary N) is 2. The lowest BCUT2D eigenvalue weighted by atomic mass is 10.2. The van der Waals surface area contributed by atoms with Gasteiger partial charge in [0.1, 0.15) is 6.04 Å². The van der Waals surface area contributed by atoms with Gasteiger partial charge in [0.15, 0.2) is 0 Å². The molecule has 1 fully saturated rings. The van der Waals surface area contributed by atoms with E-state index in [1.54, 1.807) is 7.11 Å². The van der Waals surface area contributed by atoms with Gasteiger partial charge < -0.3 is 25.4 Å². The molecule has 1 aliphatic heterocycles. The van der Waals surface area contributed by atoms with Gasteiger partial charge in [-0.1, -0.05) is 0 Å². The first-order valence-corrected chi connectivity index (χ1v) is 6.59. The number of carboxylic acid groups (broad SMARTS) is 1. The lowest BCUT2D eigenvalue weighted by molar-refractivity contribution is -0.141. The number of nitrogens with zero attached hydrogens (tertiary/aromatic N) is 1. The molecule has 8 nitrogen and oxygen atoms in total. The van der Waals surface area contributed by atoms with Crippen LogP contribution in [-0.4, -0.2) is 67.3 Å². The summed E-state index contributed by atoms with van der Waals surface area (Å²) in [5.74, 6) is -1.17. The van der Waals surface area contributed by atoms with Crippen LogP contribution < -0.4 is 10.6 Å². The summed E-state index contributed by atoms with van der Waals surface area (Å²) in [4.78, 5) is 35.4. The van der Waals surface area contributed by atoms with Crippen molar-refractivity contribution in [2.75, 3.05) is 33.4 Å². The third-order valence-corrected chi connectivity index (χ3v) is 3.06. The van der Waals surface area contributed by atoms with Crippen LogP contribution >= 0.6 is 0 Å². The normalized spacial score (nSPS) is 17.9. The third-order valence-electron chi connectivity index (χ3n) is 3.06. The SMILES string of the molecule is COCCNC(=O)CCNC(=O)N1CCC[C@H]1C(=O)O. The molecule has 0 aromatic rings. The van der Waals surface area contributed by atoms with E-state index < -0.39 is 18.0 Å². The molecule has 1 atom stereocenters. The molecular weight excluding hydrogens is 266 g/mol. The first-order chi connectivity index (χ1) is 9.56. The van der Waals surface area contributed by atoms with E-state index in [1.807, 2.05) is 0 Å². The lowest BCUT2D eigenvalue weighted by Gasteiger charge is -2.21. The maximum atomic E-state index is 11.8. The second kappa shape index (κ2) is 8.36. The Morgan fingerprint density at radius 2 is 2.05 bits per heavy atom. The Labute approximate surface area is 117 Å². The summed E-state index contributed by atoms with van der Waals surface area (Å²) < 4.78 is 4.79. The van der Waals surface area contributed by atoms with Crippen LogP contribution in [0.3, 0.4) is 0 Å². The predicted octanol–water partition coefficient (Wildman–Crippen LogP) is -0.602. The zero-order chi connectivity index (χ0) is 15.0. The average molecular weight is 287 g/mol. The van der Waals surface area contributed by atoms with Gasteiger partial charge >= 0.3 is 12.0 Å². The molecule has 0 radical (unpaired) electrons. The molecule has 114 valence electrons. The van der Waals surface area contributed by atoms with E-state index >= 15 is 0 Å². The zero-order valence-corrected chi connectivity index (χ0v) is 11.6. The Kier molecular flexibility index (Phi) is 6.78. The molecule has 0 aromatic heterocycles. The molecule has 1 aliphatic rings.